The van der Waals surface area contributed by atoms with Gasteiger partial charge < -0.3 is 30.4 Å². The first-order chi connectivity index (χ1) is 15.9. The summed E-state index contributed by atoms with van der Waals surface area (Å²) < 4.78 is 5.93. The number of para-hydroxylation sites is 1. The molecule has 2 heterocycles. The number of fused-ring (bicyclic) bond motifs is 2. The molecule has 4 rings (SSSR count). The van der Waals surface area contributed by atoms with E-state index in [9.17, 15) is 20.4 Å². The van der Waals surface area contributed by atoms with Crippen molar-refractivity contribution >= 4 is 28.2 Å². The van der Waals surface area contributed by atoms with E-state index < -0.39 is 6.10 Å². The maximum Gasteiger partial charge on any atom is 0.205 e. The Labute approximate surface area is 191 Å². The fourth-order valence-corrected chi connectivity index (χ4v) is 4.08. The molecular formula is C24H28N4O5. The maximum absolute atomic E-state index is 12.6. The third kappa shape index (κ3) is 5.40. The van der Waals surface area contributed by atoms with Crippen LogP contribution in [-0.2, 0) is 0 Å². The van der Waals surface area contributed by atoms with Crippen LogP contribution in [0.4, 0.5) is 5.69 Å². The predicted octanol–water partition coefficient (Wildman–Crippen LogP) is 2.12. The molecule has 0 fully saturated rings. The Bertz CT molecular complexity index is 1160. The van der Waals surface area contributed by atoms with Gasteiger partial charge in [0.1, 0.15) is 30.7 Å². The summed E-state index contributed by atoms with van der Waals surface area (Å²) in [5, 5.41) is 37.7. The molecular weight excluding hydrogens is 424 g/mol. The summed E-state index contributed by atoms with van der Waals surface area (Å²) in [4.78, 5) is 13.4. The Kier molecular flexibility index (Phi) is 7.05. The molecule has 1 aliphatic rings. The number of ether oxygens (including phenoxy) is 1. The van der Waals surface area contributed by atoms with Gasteiger partial charge in [-0.2, -0.15) is 0 Å². The SMILES string of the molecule is CC(CC[N+](=O)[O-])NCC(O)COc1cccc2c1C(=Cc1c[nH]c3ccccc13)C[NH+]2[O-]. The van der Waals surface area contributed by atoms with Crippen LogP contribution in [0.25, 0.3) is 22.6 Å². The number of hydrogen-bond donors (Lipinski definition) is 4. The molecule has 3 unspecified atom stereocenters. The standard InChI is InChI=1S/C24H28N4O5/c1-16(9-10-28(31)32)25-13-19(29)15-33-23-8-4-7-22-24(23)18(14-27(22)30)11-17-12-26-21-6-3-2-5-20(17)21/h2-8,11-12,16,19,25-27,29H,9-10,13-15H2,1H3. The van der Waals surface area contributed by atoms with E-state index in [1.165, 1.54) is 0 Å². The van der Waals surface area contributed by atoms with Crippen molar-refractivity contribution in [2.24, 2.45) is 0 Å². The minimum Gasteiger partial charge on any atom is -0.629 e. The highest BCUT2D eigenvalue weighted by atomic mass is 16.6. The van der Waals surface area contributed by atoms with Crippen LogP contribution in [0.15, 0.2) is 48.7 Å². The summed E-state index contributed by atoms with van der Waals surface area (Å²) in [7, 11) is 0. The second-order valence-corrected chi connectivity index (χ2v) is 8.36. The van der Waals surface area contributed by atoms with E-state index in [-0.39, 0.29) is 35.7 Å². The fourth-order valence-electron chi connectivity index (χ4n) is 4.08. The van der Waals surface area contributed by atoms with Crippen molar-refractivity contribution in [3.63, 3.8) is 0 Å². The monoisotopic (exact) mass is 452 g/mol. The van der Waals surface area contributed by atoms with E-state index >= 15 is 0 Å². The Balaban J connectivity index is 1.46. The number of quaternary nitrogens is 1. The largest absolute Gasteiger partial charge is 0.629 e. The molecule has 33 heavy (non-hydrogen) atoms. The van der Waals surface area contributed by atoms with Crippen molar-refractivity contribution in [1.82, 2.24) is 10.3 Å². The first-order valence-corrected chi connectivity index (χ1v) is 11.0. The number of benzene rings is 2. The molecule has 1 aliphatic heterocycles. The van der Waals surface area contributed by atoms with E-state index in [4.69, 9.17) is 4.74 Å². The molecule has 1 aromatic heterocycles. The number of nitrogens with zero attached hydrogens (tertiary/aromatic N) is 1. The minimum absolute atomic E-state index is 0.0416. The lowest BCUT2D eigenvalue weighted by atomic mass is 10.0. The molecule has 0 amide bonds. The second-order valence-electron chi connectivity index (χ2n) is 8.36. The highest BCUT2D eigenvalue weighted by molar-refractivity contribution is 5.97. The molecule has 3 aromatic rings. The van der Waals surface area contributed by atoms with E-state index in [1.54, 1.807) is 18.2 Å². The lowest BCUT2D eigenvalue weighted by molar-refractivity contribution is -0.762. The van der Waals surface area contributed by atoms with Gasteiger partial charge in [0.15, 0.2) is 0 Å². The highest BCUT2D eigenvalue weighted by Crippen LogP contribution is 2.36. The van der Waals surface area contributed by atoms with Gasteiger partial charge in [0.25, 0.3) is 0 Å². The Morgan fingerprint density at radius 2 is 2.12 bits per heavy atom. The van der Waals surface area contributed by atoms with Crippen LogP contribution >= 0.6 is 0 Å². The van der Waals surface area contributed by atoms with Crippen molar-refractivity contribution in [3.05, 3.63) is 75.1 Å². The molecule has 9 heteroatoms. The molecule has 0 saturated carbocycles. The number of aromatic amines is 1. The van der Waals surface area contributed by atoms with Crippen LogP contribution in [0.1, 0.15) is 24.5 Å². The molecule has 0 aliphatic carbocycles. The summed E-state index contributed by atoms with van der Waals surface area (Å²) in [6.45, 7) is 2.32. The first-order valence-electron chi connectivity index (χ1n) is 11.0. The zero-order valence-corrected chi connectivity index (χ0v) is 18.4. The van der Waals surface area contributed by atoms with E-state index in [0.717, 1.165) is 27.6 Å². The Morgan fingerprint density at radius 3 is 2.94 bits per heavy atom. The molecule has 174 valence electrons. The average molecular weight is 453 g/mol. The molecule has 0 bridgehead atoms. The molecule has 0 saturated heterocycles. The number of hydroxylamine groups is 1. The molecule has 4 N–H and O–H groups in total. The van der Waals surface area contributed by atoms with Gasteiger partial charge in [-0.1, -0.05) is 24.3 Å². The van der Waals surface area contributed by atoms with E-state index in [2.05, 4.69) is 10.3 Å². The fraction of sp³-hybridized carbons (Fsp3) is 0.333. The summed E-state index contributed by atoms with van der Waals surface area (Å²) in [6.07, 6.45) is 3.54. The number of aliphatic hydroxyl groups is 1. The predicted molar refractivity (Wildman–Crippen MR) is 127 cm³/mol. The maximum atomic E-state index is 12.6. The van der Waals surface area contributed by atoms with Gasteiger partial charge in [0.2, 0.25) is 6.54 Å². The smallest absolute Gasteiger partial charge is 0.205 e. The van der Waals surface area contributed by atoms with Gasteiger partial charge in [-0.25, -0.2) is 0 Å². The third-order valence-electron chi connectivity index (χ3n) is 5.83. The first kappa shape index (κ1) is 22.9. The van der Waals surface area contributed by atoms with Crippen LogP contribution in [0.2, 0.25) is 0 Å². The zero-order valence-electron chi connectivity index (χ0n) is 18.4. The van der Waals surface area contributed by atoms with Crippen LogP contribution in [0.3, 0.4) is 0 Å². The lowest BCUT2D eigenvalue weighted by Crippen LogP contribution is -3.00. The van der Waals surface area contributed by atoms with Gasteiger partial charge in [0.05, 0.1) is 5.56 Å². The Hall–Kier alpha value is -3.24. The number of nitro groups is 1. The van der Waals surface area contributed by atoms with Crippen molar-refractivity contribution in [2.45, 2.75) is 25.5 Å². The van der Waals surface area contributed by atoms with Gasteiger partial charge >= 0.3 is 0 Å². The number of H-pyrrole nitrogens is 1. The van der Waals surface area contributed by atoms with Crippen LogP contribution in [0.5, 0.6) is 5.75 Å². The molecule has 2 aromatic carbocycles. The second kappa shape index (κ2) is 10.1. The average Bonchev–Trinajstić information content (AvgIpc) is 3.36. The topological polar surface area (TPSA) is 128 Å². The summed E-state index contributed by atoms with van der Waals surface area (Å²) in [5.74, 6) is 0.560. The zero-order chi connectivity index (χ0) is 23.4. The number of aliphatic hydroxyl groups excluding tert-OH is 1. The van der Waals surface area contributed by atoms with Crippen molar-refractivity contribution in [3.8, 4) is 5.75 Å². The summed E-state index contributed by atoms with van der Waals surface area (Å²) >= 11 is 0. The van der Waals surface area contributed by atoms with Gasteiger partial charge in [-0.3, -0.25) is 10.1 Å². The van der Waals surface area contributed by atoms with Gasteiger partial charge in [-0.15, -0.1) is 0 Å². The molecule has 0 radical (unpaired) electrons. The third-order valence-corrected chi connectivity index (χ3v) is 5.83. The number of rotatable bonds is 10. The van der Waals surface area contributed by atoms with E-state index in [0.29, 0.717) is 24.4 Å². The summed E-state index contributed by atoms with van der Waals surface area (Å²) in [5.41, 5.74) is 4.31. The number of aromatic nitrogens is 1. The molecule has 9 nitrogen and oxygen atoms in total. The van der Waals surface area contributed by atoms with Crippen molar-refractivity contribution in [2.75, 3.05) is 26.2 Å². The van der Waals surface area contributed by atoms with Gasteiger partial charge in [0, 0.05) is 58.2 Å². The summed E-state index contributed by atoms with van der Waals surface area (Å²) in [6, 6.07) is 13.3. The normalized spacial score (nSPS) is 18.4. The lowest BCUT2D eigenvalue weighted by Gasteiger charge is -2.18. The molecule has 3 atom stereocenters. The number of nitrogens with one attached hydrogen (secondary N) is 3. The van der Waals surface area contributed by atoms with Crippen LogP contribution in [-0.4, -0.2) is 53.4 Å². The minimum atomic E-state index is -0.794. The highest BCUT2D eigenvalue weighted by Gasteiger charge is 2.28. The molecule has 0 spiro atoms. The van der Waals surface area contributed by atoms with Crippen LogP contribution < -0.4 is 15.1 Å². The number of hydrogen-bond acceptors (Lipinski definition) is 6. The van der Waals surface area contributed by atoms with Crippen molar-refractivity contribution in [1.29, 1.82) is 0 Å². The van der Waals surface area contributed by atoms with Crippen LogP contribution in [0, 0.1) is 15.3 Å². The van der Waals surface area contributed by atoms with Gasteiger partial charge in [-0.05, 0) is 25.1 Å². The van der Waals surface area contributed by atoms with Crippen molar-refractivity contribution < 1.29 is 19.8 Å². The quantitative estimate of drug-likeness (QED) is 0.212. The Morgan fingerprint density at radius 1 is 1.30 bits per heavy atom. The van der Waals surface area contributed by atoms with E-state index in [1.807, 2.05) is 43.5 Å².